The largest absolute Gasteiger partial charge is 0.391 e. The van der Waals surface area contributed by atoms with Gasteiger partial charge in [-0.3, -0.25) is 0 Å². The van der Waals surface area contributed by atoms with E-state index in [0.717, 1.165) is 25.8 Å². The van der Waals surface area contributed by atoms with Gasteiger partial charge in [0.1, 0.15) is 0 Å². The summed E-state index contributed by atoms with van der Waals surface area (Å²) in [5, 5.41) is 12.6. The Bertz CT molecular complexity index is 299. The van der Waals surface area contributed by atoms with E-state index < -0.39 is 15.9 Å². The molecule has 6 heteroatoms. The van der Waals surface area contributed by atoms with Crippen molar-refractivity contribution in [2.24, 2.45) is 0 Å². The van der Waals surface area contributed by atoms with Crippen molar-refractivity contribution in [3.63, 3.8) is 0 Å². The predicted molar refractivity (Wildman–Crippen MR) is 66.8 cm³/mol. The fourth-order valence-corrected chi connectivity index (χ4v) is 3.59. The number of aliphatic hydroxyl groups excluding tert-OH is 1. The molecule has 2 N–H and O–H groups in total. The van der Waals surface area contributed by atoms with E-state index in [0.29, 0.717) is 13.2 Å². The highest BCUT2D eigenvalue weighted by atomic mass is 32.2. The molecule has 0 aromatic heterocycles. The van der Waals surface area contributed by atoms with Gasteiger partial charge in [-0.25, -0.2) is 8.42 Å². The summed E-state index contributed by atoms with van der Waals surface area (Å²) in [5.41, 5.74) is 0. The molecule has 0 radical (unpaired) electrons. The molecule has 0 aromatic carbocycles. The zero-order valence-electron chi connectivity index (χ0n) is 10.4. The molecule has 0 aromatic rings. The minimum absolute atomic E-state index is 0.0395. The second kappa shape index (κ2) is 7.31. The Balaban J connectivity index is 2.27. The number of hydrogen-bond donors (Lipinski definition) is 2. The van der Waals surface area contributed by atoms with Crippen LogP contribution in [0.2, 0.25) is 0 Å². The molecule has 0 bridgehead atoms. The first-order chi connectivity index (χ1) is 8.03. The topological polar surface area (TPSA) is 75.6 Å². The van der Waals surface area contributed by atoms with Gasteiger partial charge in [-0.05, 0) is 25.8 Å². The van der Waals surface area contributed by atoms with Gasteiger partial charge in [-0.1, -0.05) is 6.92 Å². The van der Waals surface area contributed by atoms with Crippen molar-refractivity contribution in [3.05, 3.63) is 0 Å². The molecular weight excluding hydrogens is 242 g/mol. The molecule has 0 aliphatic carbocycles. The molecule has 1 aliphatic heterocycles. The maximum absolute atomic E-state index is 11.8. The van der Waals surface area contributed by atoms with Crippen LogP contribution in [0.3, 0.4) is 0 Å². The van der Waals surface area contributed by atoms with E-state index in [2.05, 4.69) is 5.32 Å². The highest BCUT2D eigenvalue weighted by Gasteiger charge is 2.25. The Kier molecular flexibility index (Phi) is 6.40. The first-order valence-corrected chi connectivity index (χ1v) is 8.06. The third-order valence-electron chi connectivity index (χ3n) is 2.72. The van der Waals surface area contributed by atoms with Gasteiger partial charge in [0, 0.05) is 13.2 Å². The van der Waals surface area contributed by atoms with Crippen LogP contribution in [0.15, 0.2) is 0 Å². The maximum atomic E-state index is 11.8. The molecule has 17 heavy (non-hydrogen) atoms. The molecule has 102 valence electrons. The average molecular weight is 265 g/mol. The second-order valence-corrected chi connectivity index (χ2v) is 6.72. The van der Waals surface area contributed by atoms with Crippen molar-refractivity contribution in [3.8, 4) is 0 Å². The summed E-state index contributed by atoms with van der Waals surface area (Å²) >= 11 is 0. The third kappa shape index (κ3) is 6.35. The summed E-state index contributed by atoms with van der Waals surface area (Å²) in [6.07, 6.45) is 1.71. The zero-order valence-corrected chi connectivity index (χ0v) is 11.2. The van der Waals surface area contributed by atoms with Gasteiger partial charge >= 0.3 is 0 Å². The summed E-state index contributed by atoms with van der Waals surface area (Å²) in [6, 6.07) is 0. The van der Waals surface area contributed by atoms with Crippen LogP contribution in [-0.4, -0.2) is 56.9 Å². The van der Waals surface area contributed by atoms with Gasteiger partial charge in [0.05, 0.1) is 23.7 Å². The van der Waals surface area contributed by atoms with Crippen LogP contribution in [0.1, 0.15) is 26.2 Å². The lowest BCUT2D eigenvalue weighted by atomic mass is 10.3. The molecule has 1 heterocycles. The second-order valence-electron chi connectivity index (χ2n) is 4.57. The molecule has 0 amide bonds. The highest BCUT2D eigenvalue weighted by Crippen LogP contribution is 2.14. The quantitative estimate of drug-likeness (QED) is 0.601. The zero-order chi connectivity index (χ0) is 12.7. The summed E-state index contributed by atoms with van der Waals surface area (Å²) in [7, 11) is -3.22. The van der Waals surface area contributed by atoms with E-state index in [1.54, 1.807) is 0 Å². The number of rotatable bonds is 8. The van der Waals surface area contributed by atoms with Crippen molar-refractivity contribution in [1.82, 2.24) is 5.32 Å². The molecule has 2 unspecified atom stereocenters. The normalized spacial score (nSPS) is 22.8. The Morgan fingerprint density at radius 1 is 1.53 bits per heavy atom. The van der Waals surface area contributed by atoms with E-state index in [1.165, 1.54) is 0 Å². The van der Waals surface area contributed by atoms with Gasteiger partial charge in [0.15, 0.2) is 9.84 Å². The Labute approximate surface area is 103 Å². The summed E-state index contributed by atoms with van der Waals surface area (Å²) in [5.74, 6) is -0.137. The number of nitrogens with one attached hydrogen (secondary N) is 1. The van der Waals surface area contributed by atoms with Crippen LogP contribution in [0.4, 0.5) is 0 Å². The van der Waals surface area contributed by atoms with Gasteiger partial charge < -0.3 is 15.2 Å². The van der Waals surface area contributed by atoms with Crippen molar-refractivity contribution < 1.29 is 18.3 Å². The van der Waals surface area contributed by atoms with Gasteiger partial charge in [0.2, 0.25) is 0 Å². The Hall–Kier alpha value is -0.170. The smallest absolute Gasteiger partial charge is 0.155 e. The molecule has 1 rings (SSSR count). The van der Waals surface area contributed by atoms with E-state index in [-0.39, 0.29) is 17.6 Å². The predicted octanol–water partition coefficient (Wildman–Crippen LogP) is -0.0593. The first kappa shape index (κ1) is 14.9. The number of sulfone groups is 1. The van der Waals surface area contributed by atoms with E-state index >= 15 is 0 Å². The molecule has 1 fully saturated rings. The minimum atomic E-state index is -3.22. The molecular formula is C11H23NO4S. The van der Waals surface area contributed by atoms with E-state index in [9.17, 15) is 13.5 Å². The van der Waals surface area contributed by atoms with Gasteiger partial charge in [-0.15, -0.1) is 0 Å². The number of hydrogen-bond acceptors (Lipinski definition) is 5. The monoisotopic (exact) mass is 265 g/mol. The van der Waals surface area contributed by atoms with Crippen molar-refractivity contribution >= 4 is 9.84 Å². The van der Waals surface area contributed by atoms with Crippen molar-refractivity contribution in [2.45, 2.75) is 38.4 Å². The molecule has 2 atom stereocenters. The van der Waals surface area contributed by atoms with Crippen molar-refractivity contribution in [1.29, 1.82) is 0 Å². The fraction of sp³-hybridized carbons (Fsp3) is 1.00. The summed E-state index contributed by atoms with van der Waals surface area (Å²) < 4.78 is 28.8. The average Bonchev–Trinajstić information content (AvgIpc) is 2.69. The molecule has 1 saturated heterocycles. The SMILES string of the molecule is CCCNCC(O)CS(=O)(=O)CC1CCCO1. The molecule has 5 nitrogen and oxygen atoms in total. The van der Waals surface area contributed by atoms with E-state index in [1.807, 2.05) is 6.92 Å². The van der Waals surface area contributed by atoms with Gasteiger partial charge in [0.25, 0.3) is 0 Å². The maximum Gasteiger partial charge on any atom is 0.155 e. The minimum Gasteiger partial charge on any atom is -0.391 e. The van der Waals surface area contributed by atoms with Crippen molar-refractivity contribution in [2.75, 3.05) is 31.2 Å². The highest BCUT2D eigenvalue weighted by molar-refractivity contribution is 7.91. The first-order valence-electron chi connectivity index (χ1n) is 6.24. The lowest BCUT2D eigenvalue weighted by Crippen LogP contribution is -2.35. The Morgan fingerprint density at radius 2 is 2.29 bits per heavy atom. The van der Waals surface area contributed by atoms with Gasteiger partial charge in [-0.2, -0.15) is 0 Å². The standard InChI is InChI=1S/C11H23NO4S/c1-2-5-12-7-10(13)8-17(14,15)9-11-4-3-6-16-11/h10-13H,2-9H2,1H3. The van der Waals surface area contributed by atoms with E-state index in [4.69, 9.17) is 4.74 Å². The summed E-state index contributed by atoms with van der Waals surface area (Å²) in [4.78, 5) is 0. The molecule has 0 spiro atoms. The molecule has 1 aliphatic rings. The number of ether oxygens (including phenoxy) is 1. The number of aliphatic hydroxyl groups is 1. The van der Waals surface area contributed by atoms with Crippen LogP contribution < -0.4 is 5.32 Å². The van der Waals surface area contributed by atoms with Crippen LogP contribution in [0.5, 0.6) is 0 Å². The lowest BCUT2D eigenvalue weighted by molar-refractivity contribution is 0.127. The summed E-state index contributed by atoms with van der Waals surface area (Å²) in [6.45, 7) is 3.80. The molecule has 0 saturated carbocycles. The Morgan fingerprint density at radius 3 is 2.88 bits per heavy atom. The van der Waals surface area contributed by atoms with Crippen LogP contribution >= 0.6 is 0 Å². The van der Waals surface area contributed by atoms with Crippen LogP contribution in [0, 0.1) is 0 Å². The lowest BCUT2D eigenvalue weighted by Gasteiger charge is -2.14. The fourth-order valence-electron chi connectivity index (χ4n) is 1.92. The third-order valence-corrected chi connectivity index (χ3v) is 4.49. The van der Waals surface area contributed by atoms with Crippen LogP contribution in [-0.2, 0) is 14.6 Å². The van der Waals surface area contributed by atoms with Crippen LogP contribution in [0.25, 0.3) is 0 Å².